The lowest BCUT2D eigenvalue weighted by Gasteiger charge is -1.99. The molecule has 1 aromatic carbocycles. The molecule has 0 heterocycles. The van der Waals surface area contributed by atoms with Crippen LogP contribution in [0.4, 0.5) is 4.39 Å². The molecule has 0 saturated carbocycles. The largest absolute Gasteiger partial charge is 0.285 e. The number of hydrogen-bond acceptors (Lipinski definition) is 2. The molecule has 5 heteroatoms. The van der Waals surface area contributed by atoms with Crippen LogP contribution < -0.4 is 0 Å². The fourth-order valence-electron chi connectivity index (χ4n) is 1.03. The molecule has 0 radical (unpaired) electrons. The van der Waals surface area contributed by atoms with Crippen LogP contribution in [0.15, 0.2) is 22.6 Å². The Morgan fingerprint density at radius 1 is 1.40 bits per heavy atom. The minimum atomic E-state index is -2.46. The van der Waals surface area contributed by atoms with Crippen LogP contribution in [0.25, 0.3) is 0 Å². The van der Waals surface area contributed by atoms with E-state index < -0.39 is 15.6 Å². The van der Waals surface area contributed by atoms with E-state index in [0.717, 1.165) is 0 Å². The topological polar surface area (TPSA) is 46.5 Å². The summed E-state index contributed by atoms with van der Waals surface area (Å²) in [6.45, 7) is 1.56. The van der Waals surface area contributed by atoms with E-state index in [2.05, 4.69) is 4.36 Å². The van der Waals surface area contributed by atoms with Crippen LogP contribution in [0.3, 0.4) is 0 Å². The highest BCUT2D eigenvalue weighted by Gasteiger charge is 2.07. The van der Waals surface area contributed by atoms with Gasteiger partial charge in [0.1, 0.15) is 5.82 Å². The van der Waals surface area contributed by atoms with E-state index in [9.17, 15) is 13.4 Å². The Hall–Kier alpha value is -1.23. The van der Waals surface area contributed by atoms with Crippen molar-refractivity contribution >= 4 is 15.6 Å². The maximum Gasteiger partial charge on any atom is 0.285 e. The minimum Gasteiger partial charge on any atom is -0.266 e. The predicted octanol–water partition coefficient (Wildman–Crippen LogP) is 2.00. The average Bonchev–Trinajstić information content (AvgIpc) is 2.06. The molecule has 0 atom stereocenters. The van der Waals surface area contributed by atoms with Gasteiger partial charge in [0.2, 0.25) is 0 Å². The number of halogens is 1. The maximum absolute atomic E-state index is 12.9. The minimum absolute atomic E-state index is 0.255. The van der Waals surface area contributed by atoms with E-state index in [1.54, 1.807) is 6.92 Å². The number of carbonyl (C=O) groups is 1. The number of rotatable bonds is 1. The van der Waals surface area contributed by atoms with Gasteiger partial charge in [0.15, 0.2) is 0 Å². The van der Waals surface area contributed by atoms with Crippen molar-refractivity contribution in [2.24, 2.45) is 4.36 Å². The Morgan fingerprint density at radius 3 is 2.47 bits per heavy atom. The van der Waals surface area contributed by atoms with Crippen LogP contribution >= 0.6 is 0 Å². The van der Waals surface area contributed by atoms with Crippen LogP contribution in [0.1, 0.15) is 15.9 Å². The highest BCUT2D eigenvalue weighted by atomic mass is 32.2. The average molecular weight is 229 g/mol. The molecule has 0 bridgehead atoms. The third kappa shape index (κ3) is 3.43. The van der Waals surface area contributed by atoms with Gasteiger partial charge in [0.25, 0.3) is 5.91 Å². The van der Waals surface area contributed by atoms with E-state index in [1.165, 1.54) is 30.7 Å². The van der Waals surface area contributed by atoms with Crippen LogP contribution in [0.2, 0.25) is 0 Å². The van der Waals surface area contributed by atoms with E-state index in [0.29, 0.717) is 5.56 Å². The van der Waals surface area contributed by atoms with Crippen molar-refractivity contribution in [1.29, 1.82) is 0 Å². The summed E-state index contributed by atoms with van der Waals surface area (Å²) in [5, 5.41) is 0. The van der Waals surface area contributed by atoms with Gasteiger partial charge < -0.3 is 0 Å². The van der Waals surface area contributed by atoms with Crippen LogP contribution in [-0.2, 0) is 9.73 Å². The lowest BCUT2D eigenvalue weighted by Crippen LogP contribution is -2.01. The summed E-state index contributed by atoms with van der Waals surface area (Å²) < 4.78 is 27.7. The smallest absolute Gasteiger partial charge is 0.266 e. The second-order valence-corrected chi connectivity index (χ2v) is 6.09. The fraction of sp³-hybridized carbons (Fsp3) is 0.300. The van der Waals surface area contributed by atoms with Gasteiger partial charge in [0, 0.05) is 27.8 Å². The van der Waals surface area contributed by atoms with Crippen molar-refractivity contribution in [3.63, 3.8) is 0 Å². The van der Waals surface area contributed by atoms with E-state index in [4.69, 9.17) is 0 Å². The zero-order valence-electron chi connectivity index (χ0n) is 8.78. The zero-order chi connectivity index (χ0) is 11.6. The van der Waals surface area contributed by atoms with Crippen LogP contribution in [0.5, 0.6) is 0 Å². The van der Waals surface area contributed by atoms with E-state index >= 15 is 0 Å². The molecule has 0 spiro atoms. The third-order valence-electron chi connectivity index (χ3n) is 1.71. The van der Waals surface area contributed by atoms with Crippen molar-refractivity contribution in [2.45, 2.75) is 6.92 Å². The van der Waals surface area contributed by atoms with Gasteiger partial charge in [-0.15, -0.1) is 0 Å². The standard InChI is InChI=1S/C10H12FNO2S/c1-7-6-8(4-5-9(7)11)10(13)12-15(2,3)14/h4-6H,1-3H3. The predicted molar refractivity (Wildman–Crippen MR) is 57.9 cm³/mol. The second-order valence-electron chi connectivity index (χ2n) is 3.54. The molecule has 1 aromatic rings. The lowest BCUT2D eigenvalue weighted by molar-refractivity contribution is 0.100. The summed E-state index contributed by atoms with van der Waals surface area (Å²) in [5.74, 6) is -0.951. The van der Waals surface area contributed by atoms with Crippen LogP contribution in [0, 0.1) is 12.7 Å². The molecule has 0 aliphatic heterocycles. The molecular weight excluding hydrogens is 217 g/mol. The number of hydrogen-bond donors (Lipinski definition) is 0. The lowest BCUT2D eigenvalue weighted by atomic mass is 10.1. The molecule has 0 aliphatic carbocycles. The molecule has 3 nitrogen and oxygen atoms in total. The number of amides is 1. The van der Waals surface area contributed by atoms with Gasteiger partial charge in [-0.05, 0) is 30.7 Å². The van der Waals surface area contributed by atoms with Crippen molar-refractivity contribution in [3.8, 4) is 0 Å². The number of nitrogens with zero attached hydrogens (tertiary/aromatic N) is 1. The van der Waals surface area contributed by atoms with Gasteiger partial charge in [-0.1, -0.05) is 0 Å². The molecule has 0 aliphatic rings. The third-order valence-corrected chi connectivity index (χ3v) is 2.31. The molecule has 1 amide bonds. The normalized spacial score (nSPS) is 11.2. The van der Waals surface area contributed by atoms with Gasteiger partial charge in [-0.25, -0.2) is 8.60 Å². The molecule has 15 heavy (non-hydrogen) atoms. The molecule has 1 rings (SSSR count). The summed E-state index contributed by atoms with van der Waals surface area (Å²) in [7, 11) is -2.46. The summed E-state index contributed by atoms with van der Waals surface area (Å²) in [4.78, 5) is 11.5. The zero-order valence-corrected chi connectivity index (χ0v) is 9.60. The van der Waals surface area contributed by atoms with E-state index in [1.807, 2.05) is 0 Å². The molecular formula is C10H12FNO2S. The Morgan fingerprint density at radius 2 is 2.00 bits per heavy atom. The molecule has 0 fully saturated rings. The first kappa shape index (κ1) is 11.8. The maximum atomic E-state index is 12.9. The van der Waals surface area contributed by atoms with E-state index in [-0.39, 0.29) is 11.4 Å². The van der Waals surface area contributed by atoms with Crippen molar-refractivity contribution in [3.05, 3.63) is 35.1 Å². The first-order chi connectivity index (χ1) is 6.79. The first-order valence-corrected chi connectivity index (χ1v) is 6.60. The fourth-order valence-corrected chi connectivity index (χ4v) is 1.53. The van der Waals surface area contributed by atoms with Crippen molar-refractivity contribution in [2.75, 3.05) is 12.5 Å². The summed E-state index contributed by atoms with van der Waals surface area (Å²) >= 11 is 0. The van der Waals surface area contributed by atoms with Gasteiger partial charge in [-0.3, -0.25) is 4.79 Å². The summed E-state index contributed by atoms with van der Waals surface area (Å²) in [6, 6.07) is 3.93. The van der Waals surface area contributed by atoms with Crippen molar-refractivity contribution < 1.29 is 13.4 Å². The Labute approximate surface area is 88.5 Å². The van der Waals surface area contributed by atoms with Crippen molar-refractivity contribution in [1.82, 2.24) is 0 Å². The van der Waals surface area contributed by atoms with Crippen LogP contribution in [-0.4, -0.2) is 22.6 Å². The second kappa shape index (κ2) is 4.10. The Bertz CT molecular complexity index is 508. The Balaban J connectivity index is 3.14. The highest BCUT2D eigenvalue weighted by Crippen LogP contribution is 2.10. The van der Waals surface area contributed by atoms with Gasteiger partial charge >= 0.3 is 0 Å². The van der Waals surface area contributed by atoms with Gasteiger partial charge in [-0.2, -0.15) is 4.36 Å². The number of benzene rings is 1. The van der Waals surface area contributed by atoms with Gasteiger partial charge in [0.05, 0.1) is 0 Å². The summed E-state index contributed by atoms with van der Waals surface area (Å²) in [5.41, 5.74) is 0.625. The molecule has 0 aromatic heterocycles. The molecule has 0 unspecified atom stereocenters. The SMILES string of the molecule is Cc1cc(C(=O)N=S(C)(C)=O)ccc1F. The monoisotopic (exact) mass is 229 g/mol. The molecule has 0 N–H and O–H groups in total. The number of aryl methyl sites for hydroxylation is 1. The summed E-state index contributed by atoms with van der Waals surface area (Å²) in [6.07, 6.45) is 2.75. The quantitative estimate of drug-likeness (QED) is 0.739. The Kier molecular flexibility index (Phi) is 3.24. The molecule has 0 saturated heterocycles. The first-order valence-electron chi connectivity index (χ1n) is 4.27. The highest BCUT2D eigenvalue weighted by molar-refractivity contribution is 7.92. The molecule has 82 valence electrons. The number of carbonyl (C=O) groups excluding carboxylic acids is 1.